The van der Waals surface area contributed by atoms with E-state index in [9.17, 15) is 13.2 Å². The number of piperidine rings is 1. The van der Waals surface area contributed by atoms with Crippen LogP contribution in [-0.2, 0) is 14.8 Å². The van der Waals surface area contributed by atoms with Gasteiger partial charge in [-0.1, -0.05) is 17.2 Å². The molecule has 0 saturated carbocycles. The van der Waals surface area contributed by atoms with E-state index in [0.29, 0.717) is 35.9 Å². The van der Waals surface area contributed by atoms with E-state index in [4.69, 9.17) is 17.3 Å². The highest BCUT2D eigenvalue weighted by molar-refractivity contribution is 7.89. The third-order valence-electron chi connectivity index (χ3n) is 5.14. The number of aromatic amines is 1. The first-order chi connectivity index (χ1) is 13.6. The normalized spacial score (nSPS) is 18.9. The lowest BCUT2D eigenvalue weighted by molar-refractivity contribution is -0.115. The molecular formula is C17H26ClN7O3S. The molecule has 3 rings (SSSR count). The number of nitrogen functional groups attached to an aromatic ring is 1. The van der Waals surface area contributed by atoms with Gasteiger partial charge in [-0.25, -0.2) is 18.2 Å². The average molecular weight is 444 g/mol. The van der Waals surface area contributed by atoms with Gasteiger partial charge in [0.1, 0.15) is 0 Å². The fraction of sp³-hybridized carbons (Fsp3) is 0.588. The molecule has 10 nitrogen and oxygen atoms in total. The van der Waals surface area contributed by atoms with Gasteiger partial charge in [-0.2, -0.15) is 4.98 Å². The fourth-order valence-electron chi connectivity index (χ4n) is 3.66. The maximum Gasteiger partial charge on any atom is 0.265 e. The van der Waals surface area contributed by atoms with Crippen LogP contribution in [0.3, 0.4) is 0 Å². The summed E-state index contributed by atoms with van der Waals surface area (Å²) in [7, 11) is -1.58. The Morgan fingerprint density at radius 1 is 1.41 bits per heavy atom. The van der Waals surface area contributed by atoms with Crippen molar-refractivity contribution in [1.29, 1.82) is 0 Å². The highest BCUT2D eigenvalue weighted by Crippen LogP contribution is 2.28. The Morgan fingerprint density at radius 3 is 2.69 bits per heavy atom. The van der Waals surface area contributed by atoms with Gasteiger partial charge in [-0.15, -0.1) is 5.10 Å². The lowest BCUT2D eigenvalue weighted by Gasteiger charge is -2.37. The van der Waals surface area contributed by atoms with Crippen LogP contribution in [0, 0.1) is 0 Å². The SMILES string of the molecule is CN(CC1=CC(C(=O)NS(C)(=O)=O)=C(Cl)CC1)C1CCN(c2n[nH]c(N)n2)CC1. The van der Waals surface area contributed by atoms with Crippen molar-refractivity contribution < 1.29 is 13.2 Å². The number of hydrogen-bond donors (Lipinski definition) is 3. The number of carbonyl (C=O) groups is 1. The van der Waals surface area contributed by atoms with Crippen molar-refractivity contribution in [3.05, 3.63) is 22.3 Å². The first-order valence-electron chi connectivity index (χ1n) is 9.35. The predicted molar refractivity (Wildman–Crippen MR) is 112 cm³/mol. The monoisotopic (exact) mass is 443 g/mol. The largest absolute Gasteiger partial charge is 0.368 e. The van der Waals surface area contributed by atoms with Gasteiger partial charge in [0.25, 0.3) is 5.91 Å². The zero-order valence-electron chi connectivity index (χ0n) is 16.5. The van der Waals surface area contributed by atoms with Crippen molar-refractivity contribution in [2.24, 2.45) is 0 Å². The Hall–Kier alpha value is -2.11. The second-order valence-electron chi connectivity index (χ2n) is 7.48. The number of likely N-dealkylation sites (N-methyl/N-ethyl adjacent to an activating group) is 1. The van der Waals surface area contributed by atoms with Crippen LogP contribution in [0.1, 0.15) is 25.7 Å². The molecule has 160 valence electrons. The topological polar surface area (TPSA) is 137 Å². The van der Waals surface area contributed by atoms with E-state index in [1.54, 1.807) is 6.08 Å². The summed E-state index contributed by atoms with van der Waals surface area (Å²) in [5, 5.41) is 7.15. The quantitative estimate of drug-likeness (QED) is 0.580. The minimum atomic E-state index is -3.64. The molecule has 0 radical (unpaired) electrons. The Balaban J connectivity index is 1.58. The molecule has 0 bridgehead atoms. The van der Waals surface area contributed by atoms with Crippen molar-refractivity contribution in [2.75, 3.05) is 43.6 Å². The van der Waals surface area contributed by atoms with E-state index < -0.39 is 15.9 Å². The molecule has 1 amide bonds. The molecule has 2 heterocycles. The number of nitrogens with two attached hydrogens (primary N) is 1. The van der Waals surface area contributed by atoms with Gasteiger partial charge in [0, 0.05) is 30.7 Å². The first-order valence-corrected chi connectivity index (χ1v) is 11.6. The van der Waals surface area contributed by atoms with E-state index in [0.717, 1.165) is 44.2 Å². The van der Waals surface area contributed by atoms with Gasteiger partial charge < -0.3 is 10.6 Å². The molecule has 2 aliphatic rings. The van der Waals surface area contributed by atoms with Crippen LogP contribution >= 0.6 is 11.6 Å². The molecule has 0 atom stereocenters. The van der Waals surface area contributed by atoms with Gasteiger partial charge in [0.05, 0.1) is 11.8 Å². The van der Waals surface area contributed by atoms with Crippen LogP contribution in [0.25, 0.3) is 0 Å². The zero-order chi connectivity index (χ0) is 21.2. The molecule has 0 unspecified atom stereocenters. The molecule has 0 spiro atoms. The summed E-state index contributed by atoms with van der Waals surface area (Å²) in [6.45, 7) is 2.36. The van der Waals surface area contributed by atoms with E-state index in [-0.39, 0.29) is 5.57 Å². The number of allylic oxidation sites excluding steroid dienone is 1. The van der Waals surface area contributed by atoms with E-state index in [1.165, 1.54) is 0 Å². The summed E-state index contributed by atoms with van der Waals surface area (Å²) in [6, 6.07) is 0.387. The predicted octanol–water partition coefficient (Wildman–Crippen LogP) is 0.576. The number of nitrogens with zero attached hydrogens (tertiary/aromatic N) is 4. The van der Waals surface area contributed by atoms with E-state index in [2.05, 4.69) is 32.0 Å². The number of anilines is 2. The standard InChI is InChI=1S/C17H26ClN7O3S/c1-24(12-5-7-25(8-6-12)17-20-16(19)21-22-17)10-11-3-4-14(18)13(9-11)15(26)23-29(2,27)28/h9,12H,3-8,10H2,1-2H3,(H,23,26)(H3,19,20,21,22). The van der Waals surface area contributed by atoms with Crippen molar-refractivity contribution in [2.45, 2.75) is 31.7 Å². The fourth-order valence-corrected chi connectivity index (χ4v) is 4.34. The second-order valence-corrected chi connectivity index (χ2v) is 9.68. The maximum absolute atomic E-state index is 12.2. The van der Waals surface area contributed by atoms with Gasteiger partial charge in [0.15, 0.2) is 0 Å². The van der Waals surface area contributed by atoms with Gasteiger partial charge in [-0.3, -0.25) is 9.69 Å². The summed E-state index contributed by atoms with van der Waals surface area (Å²) >= 11 is 6.17. The highest BCUT2D eigenvalue weighted by Gasteiger charge is 2.26. The minimum absolute atomic E-state index is 0.226. The third-order valence-corrected chi connectivity index (χ3v) is 6.09. The number of aromatic nitrogens is 3. The highest BCUT2D eigenvalue weighted by atomic mass is 35.5. The maximum atomic E-state index is 12.2. The van der Waals surface area contributed by atoms with Crippen molar-refractivity contribution in [1.82, 2.24) is 24.8 Å². The molecule has 12 heteroatoms. The van der Waals surface area contributed by atoms with Crippen LogP contribution in [0.2, 0.25) is 0 Å². The van der Waals surface area contributed by atoms with Gasteiger partial charge in [0.2, 0.25) is 21.9 Å². The molecule has 29 heavy (non-hydrogen) atoms. The first kappa shape index (κ1) is 21.6. The molecule has 1 saturated heterocycles. The summed E-state index contributed by atoms with van der Waals surface area (Å²) in [4.78, 5) is 20.8. The molecular weight excluding hydrogens is 418 g/mol. The average Bonchev–Trinajstić information content (AvgIpc) is 3.08. The Morgan fingerprint density at radius 2 is 2.10 bits per heavy atom. The Bertz CT molecular complexity index is 933. The molecule has 1 fully saturated rings. The second kappa shape index (κ2) is 8.72. The summed E-state index contributed by atoms with van der Waals surface area (Å²) in [5.41, 5.74) is 6.88. The van der Waals surface area contributed by atoms with Crippen LogP contribution in [0.5, 0.6) is 0 Å². The molecule has 4 N–H and O–H groups in total. The summed E-state index contributed by atoms with van der Waals surface area (Å²) < 4.78 is 24.7. The Labute approximate surface area is 175 Å². The number of sulfonamides is 1. The van der Waals surface area contributed by atoms with Crippen LogP contribution in [0.15, 0.2) is 22.3 Å². The van der Waals surface area contributed by atoms with Gasteiger partial charge >= 0.3 is 0 Å². The third kappa shape index (κ3) is 5.71. The minimum Gasteiger partial charge on any atom is -0.368 e. The molecule has 1 aromatic heterocycles. The molecule has 1 aliphatic carbocycles. The number of rotatable bonds is 6. The van der Waals surface area contributed by atoms with E-state index >= 15 is 0 Å². The summed E-state index contributed by atoms with van der Waals surface area (Å²) in [6.07, 6.45) is 5.84. The van der Waals surface area contributed by atoms with Crippen molar-refractivity contribution in [3.63, 3.8) is 0 Å². The summed E-state index contributed by atoms with van der Waals surface area (Å²) in [5.74, 6) is 0.252. The van der Waals surface area contributed by atoms with E-state index in [1.807, 2.05) is 4.72 Å². The number of carbonyl (C=O) groups excluding carboxylic acids is 1. The van der Waals surface area contributed by atoms with Crippen molar-refractivity contribution >= 4 is 39.4 Å². The zero-order valence-corrected chi connectivity index (χ0v) is 18.1. The van der Waals surface area contributed by atoms with Crippen LogP contribution in [-0.4, -0.2) is 73.4 Å². The number of amides is 1. The number of nitrogens with one attached hydrogen (secondary N) is 2. The number of hydrogen-bond acceptors (Lipinski definition) is 8. The number of halogens is 1. The van der Waals surface area contributed by atoms with Crippen LogP contribution in [0.4, 0.5) is 11.9 Å². The van der Waals surface area contributed by atoms with Crippen LogP contribution < -0.4 is 15.4 Å². The van der Waals surface area contributed by atoms with Gasteiger partial charge in [-0.05, 0) is 38.8 Å². The molecule has 1 aliphatic heterocycles. The smallest absolute Gasteiger partial charge is 0.265 e. The lowest BCUT2D eigenvalue weighted by atomic mass is 9.97. The van der Waals surface area contributed by atoms with Crippen molar-refractivity contribution in [3.8, 4) is 0 Å². The lowest BCUT2D eigenvalue weighted by Crippen LogP contribution is -2.44. The molecule has 1 aromatic rings. The number of H-pyrrole nitrogens is 1. The molecule has 0 aromatic carbocycles. The Kier molecular flexibility index (Phi) is 6.49.